The molecule has 0 radical (unpaired) electrons. The number of aromatic nitrogens is 1. The standard InChI is InChI=1S/C27H24F3N3O4/c1-3-27(36,13-37-2)25-21(14-4-6-15(7-5-14)26(34)35)22-20(10-16(12-31)24(32)23(22)30)33(25)17-8-9-18(28)19(29)11-17/h4-12,31,36H,3,13,32H2,1-2H3,(H,34,35). The number of methoxy groups -OCH3 is 1. The first-order chi connectivity index (χ1) is 17.6. The third-order valence-corrected chi connectivity index (χ3v) is 6.41. The first-order valence-corrected chi connectivity index (χ1v) is 11.3. The number of nitrogens with one attached hydrogen (secondary N) is 1. The van der Waals surface area contributed by atoms with Crippen LogP contribution in [-0.2, 0) is 10.3 Å². The zero-order valence-corrected chi connectivity index (χ0v) is 20.0. The summed E-state index contributed by atoms with van der Waals surface area (Å²) in [5, 5.41) is 28.8. The quantitative estimate of drug-likeness (QED) is 0.191. The van der Waals surface area contributed by atoms with Crippen LogP contribution in [-0.4, -0.2) is 40.7 Å². The molecule has 0 amide bonds. The molecular formula is C27H24F3N3O4. The third kappa shape index (κ3) is 4.24. The van der Waals surface area contributed by atoms with Crippen LogP contribution in [0.4, 0.5) is 18.9 Å². The van der Waals surface area contributed by atoms with Crippen LogP contribution in [0, 0.1) is 22.9 Å². The summed E-state index contributed by atoms with van der Waals surface area (Å²) in [6.45, 7) is 1.44. The number of fused-ring (bicyclic) bond motifs is 1. The van der Waals surface area contributed by atoms with Crippen molar-refractivity contribution in [3.63, 3.8) is 0 Å². The number of carboxylic acid groups (broad SMARTS) is 1. The molecule has 0 fully saturated rings. The number of carboxylic acids is 1. The van der Waals surface area contributed by atoms with E-state index in [0.29, 0.717) is 5.56 Å². The van der Waals surface area contributed by atoms with E-state index in [1.165, 1.54) is 48.1 Å². The van der Waals surface area contributed by atoms with Crippen molar-refractivity contribution in [1.82, 2.24) is 4.57 Å². The average Bonchev–Trinajstić information content (AvgIpc) is 3.23. The highest BCUT2D eigenvalue weighted by molar-refractivity contribution is 6.05. The van der Waals surface area contributed by atoms with E-state index in [-0.39, 0.29) is 57.7 Å². The minimum Gasteiger partial charge on any atom is -0.478 e. The molecule has 0 saturated carbocycles. The maximum atomic E-state index is 15.9. The Labute approximate surface area is 210 Å². The number of rotatable bonds is 8. The summed E-state index contributed by atoms with van der Waals surface area (Å²) < 4.78 is 50.9. The molecule has 192 valence electrons. The molecule has 4 rings (SSSR count). The maximum Gasteiger partial charge on any atom is 0.335 e. The Bertz CT molecular complexity index is 1530. The molecule has 4 aromatic rings. The van der Waals surface area contributed by atoms with E-state index in [4.69, 9.17) is 15.9 Å². The van der Waals surface area contributed by atoms with E-state index < -0.39 is 29.0 Å². The third-order valence-electron chi connectivity index (χ3n) is 6.41. The van der Waals surface area contributed by atoms with Gasteiger partial charge in [0.15, 0.2) is 17.5 Å². The van der Waals surface area contributed by atoms with Gasteiger partial charge in [-0.25, -0.2) is 18.0 Å². The first-order valence-electron chi connectivity index (χ1n) is 11.3. The van der Waals surface area contributed by atoms with Gasteiger partial charge in [0.25, 0.3) is 0 Å². The average molecular weight is 512 g/mol. The summed E-state index contributed by atoms with van der Waals surface area (Å²) in [7, 11) is 1.37. The Balaban J connectivity index is 2.27. The van der Waals surface area contributed by atoms with Gasteiger partial charge in [-0.3, -0.25) is 0 Å². The van der Waals surface area contributed by atoms with E-state index in [1.54, 1.807) is 6.92 Å². The number of nitrogen functional groups attached to an aromatic ring is 1. The number of aliphatic hydroxyl groups is 1. The minimum atomic E-state index is -1.76. The molecule has 1 unspecified atom stereocenters. The van der Waals surface area contributed by atoms with Gasteiger partial charge in [0.05, 0.1) is 29.1 Å². The molecule has 0 saturated heterocycles. The number of aromatic carboxylic acids is 1. The van der Waals surface area contributed by atoms with Crippen LogP contribution in [0.2, 0.25) is 0 Å². The van der Waals surface area contributed by atoms with Crippen molar-refractivity contribution < 1.29 is 32.9 Å². The molecule has 0 aliphatic rings. The summed E-state index contributed by atoms with van der Waals surface area (Å²) >= 11 is 0. The van der Waals surface area contributed by atoms with Crippen molar-refractivity contribution in [1.29, 1.82) is 5.41 Å². The zero-order valence-electron chi connectivity index (χ0n) is 20.0. The highest BCUT2D eigenvalue weighted by atomic mass is 19.2. The van der Waals surface area contributed by atoms with E-state index in [0.717, 1.165) is 18.3 Å². The number of hydrogen-bond donors (Lipinski definition) is 4. The predicted octanol–water partition coefficient (Wildman–Crippen LogP) is 5.24. The Kier molecular flexibility index (Phi) is 6.81. The van der Waals surface area contributed by atoms with Crippen molar-refractivity contribution >= 4 is 28.8 Å². The lowest BCUT2D eigenvalue weighted by atomic mass is 9.89. The molecule has 1 atom stereocenters. The second-order valence-corrected chi connectivity index (χ2v) is 8.59. The zero-order chi connectivity index (χ0) is 27.1. The molecular weight excluding hydrogens is 487 g/mol. The van der Waals surface area contributed by atoms with E-state index in [1.807, 2.05) is 0 Å². The summed E-state index contributed by atoms with van der Waals surface area (Å²) in [5.74, 6) is -4.30. The number of anilines is 1. The molecule has 7 nitrogen and oxygen atoms in total. The highest BCUT2D eigenvalue weighted by Crippen LogP contribution is 2.46. The summed E-state index contributed by atoms with van der Waals surface area (Å²) in [5.41, 5.74) is 4.78. The van der Waals surface area contributed by atoms with Gasteiger partial charge in [-0.1, -0.05) is 19.1 Å². The van der Waals surface area contributed by atoms with Crippen LogP contribution in [0.3, 0.4) is 0 Å². The number of halogens is 3. The Morgan fingerprint density at radius 2 is 1.81 bits per heavy atom. The van der Waals surface area contributed by atoms with Crippen LogP contribution in [0.25, 0.3) is 27.7 Å². The fraction of sp³-hybridized carbons (Fsp3) is 0.185. The van der Waals surface area contributed by atoms with Crippen molar-refractivity contribution in [3.05, 3.63) is 82.8 Å². The highest BCUT2D eigenvalue weighted by Gasteiger charge is 2.38. The van der Waals surface area contributed by atoms with Gasteiger partial charge in [0.1, 0.15) is 5.60 Å². The normalized spacial score (nSPS) is 13.0. The van der Waals surface area contributed by atoms with Crippen molar-refractivity contribution in [2.75, 3.05) is 19.5 Å². The smallest absolute Gasteiger partial charge is 0.335 e. The van der Waals surface area contributed by atoms with Crippen molar-refractivity contribution in [2.45, 2.75) is 18.9 Å². The molecule has 1 heterocycles. The van der Waals surface area contributed by atoms with Crippen LogP contribution in [0.1, 0.15) is 35.0 Å². The Morgan fingerprint density at radius 3 is 2.35 bits per heavy atom. The monoisotopic (exact) mass is 511 g/mol. The summed E-state index contributed by atoms with van der Waals surface area (Å²) in [6.07, 6.45) is 0.943. The molecule has 0 bridgehead atoms. The van der Waals surface area contributed by atoms with Gasteiger partial charge in [0, 0.05) is 41.6 Å². The van der Waals surface area contributed by atoms with Crippen LogP contribution in [0.5, 0.6) is 0 Å². The number of nitrogens with two attached hydrogens (primary N) is 1. The topological polar surface area (TPSA) is 122 Å². The van der Waals surface area contributed by atoms with Gasteiger partial charge in [0.2, 0.25) is 0 Å². The van der Waals surface area contributed by atoms with Gasteiger partial charge in [-0.2, -0.15) is 0 Å². The number of nitrogens with zero attached hydrogens (tertiary/aromatic N) is 1. The fourth-order valence-corrected chi connectivity index (χ4v) is 4.53. The molecule has 3 aromatic carbocycles. The molecule has 10 heteroatoms. The number of benzene rings is 3. The van der Waals surface area contributed by atoms with Gasteiger partial charge in [-0.15, -0.1) is 0 Å². The second kappa shape index (κ2) is 9.72. The lowest BCUT2D eigenvalue weighted by Gasteiger charge is -2.29. The van der Waals surface area contributed by atoms with Crippen LogP contribution < -0.4 is 5.73 Å². The van der Waals surface area contributed by atoms with Gasteiger partial charge in [-0.05, 0) is 42.3 Å². The molecule has 5 N–H and O–H groups in total. The first kappa shape index (κ1) is 25.9. The lowest BCUT2D eigenvalue weighted by Crippen LogP contribution is -2.33. The van der Waals surface area contributed by atoms with Gasteiger partial charge < -0.3 is 30.7 Å². The maximum absolute atomic E-state index is 15.9. The summed E-state index contributed by atoms with van der Waals surface area (Å²) in [4.78, 5) is 11.4. The molecule has 1 aromatic heterocycles. The molecule has 0 aliphatic carbocycles. The van der Waals surface area contributed by atoms with Gasteiger partial charge >= 0.3 is 5.97 Å². The number of hydrogen-bond acceptors (Lipinski definition) is 5. The Morgan fingerprint density at radius 1 is 1.14 bits per heavy atom. The van der Waals surface area contributed by atoms with E-state index >= 15 is 4.39 Å². The molecule has 0 spiro atoms. The van der Waals surface area contributed by atoms with Crippen molar-refractivity contribution in [2.24, 2.45) is 0 Å². The van der Waals surface area contributed by atoms with Crippen LogP contribution >= 0.6 is 0 Å². The molecule has 37 heavy (non-hydrogen) atoms. The second-order valence-electron chi connectivity index (χ2n) is 8.59. The fourth-order valence-electron chi connectivity index (χ4n) is 4.53. The lowest BCUT2D eigenvalue weighted by molar-refractivity contribution is -0.0422. The SMILES string of the molecule is CCC(O)(COC)c1c(-c2ccc(C(=O)O)cc2)c2c(F)c(N)c(C=N)cc2n1-c1ccc(F)c(F)c1. The molecule has 0 aliphatic heterocycles. The van der Waals surface area contributed by atoms with E-state index in [2.05, 4.69) is 0 Å². The van der Waals surface area contributed by atoms with Crippen molar-refractivity contribution in [3.8, 4) is 16.8 Å². The number of ether oxygens (including phenoxy) is 1. The largest absolute Gasteiger partial charge is 0.478 e. The van der Waals surface area contributed by atoms with Crippen LogP contribution in [0.15, 0.2) is 48.5 Å². The summed E-state index contributed by atoms with van der Waals surface area (Å²) in [6, 6.07) is 10.1. The Hall–Kier alpha value is -4.15. The predicted molar refractivity (Wildman–Crippen MR) is 134 cm³/mol. The number of carbonyl (C=O) groups is 1. The van der Waals surface area contributed by atoms with E-state index in [9.17, 15) is 23.8 Å². The minimum absolute atomic E-state index is 0.0108.